The average molecular weight is 239 g/mol. The van der Waals surface area contributed by atoms with Crippen LogP contribution in [0.4, 0.5) is 4.39 Å². The van der Waals surface area contributed by atoms with E-state index in [2.05, 4.69) is 0 Å². The number of hydrogen-bond donors (Lipinski definition) is 0. The number of carbonyl (C=O) groups is 1. The van der Waals surface area contributed by atoms with Crippen LogP contribution in [0.15, 0.2) is 29.8 Å². The van der Waals surface area contributed by atoms with Gasteiger partial charge < -0.3 is 0 Å². The van der Waals surface area contributed by atoms with Crippen LogP contribution in [-0.2, 0) is 11.2 Å². The fraction of sp³-hybridized carbons (Fsp3) is 0.308. The summed E-state index contributed by atoms with van der Waals surface area (Å²) in [6.07, 6.45) is 4.66. The molecular formula is C13H12ClFO. The maximum absolute atomic E-state index is 13.2. The summed E-state index contributed by atoms with van der Waals surface area (Å²) in [4.78, 5) is 11.2. The third kappa shape index (κ3) is 2.50. The molecule has 1 nitrogen and oxygen atoms in total. The highest BCUT2D eigenvalue weighted by Crippen LogP contribution is 2.25. The van der Waals surface area contributed by atoms with Gasteiger partial charge >= 0.3 is 0 Å². The molecule has 2 rings (SSSR count). The molecule has 84 valence electrons. The van der Waals surface area contributed by atoms with Gasteiger partial charge in [-0.05, 0) is 37.0 Å². The van der Waals surface area contributed by atoms with E-state index in [1.807, 2.05) is 0 Å². The monoisotopic (exact) mass is 238 g/mol. The van der Waals surface area contributed by atoms with E-state index in [1.165, 1.54) is 6.07 Å². The predicted octanol–water partition coefficient (Wildman–Crippen LogP) is 3.70. The molecule has 0 saturated carbocycles. The molecule has 0 fully saturated rings. The minimum atomic E-state index is -0.401. The molecule has 1 aromatic carbocycles. The van der Waals surface area contributed by atoms with Crippen molar-refractivity contribution >= 4 is 17.4 Å². The summed E-state index contributed by atoms with van der Waals surface area (Å²) >= 11 is 5.86. The van der Waals surface area contributed by atoms with Gasteiger partial charge in [0, 0.05) is 6.42 Å². The molecule has 0 unspecified atom stereocenters. The fourth-order valence-corrected chi connectivity index (χ4v) is 2.12. The highest BCUT2D eigenvalue weighted by atomic mass is 35.5. The standard InChI is InChI=1S/C13H12ClFO/c14-13-10(4-2-6-12(13)15)7-9-3-1-5-11(16)8-9/h2,4,6,8H,1,3,5,7H2. The zero-order valence-corrected chi connectivity index (χ0v) is 9.56. The summed E-state index contributed by atoms with van der Waals surface area (Å²) in [5, 5.41) is 0.168. The van der Waals surface area contributed by atoms with Crippen LogP contribution in [0.25, 0.3) is 0 Å². The molecule has 16 heavy (non-hydrogen) atoms. The van der Waals surface area contributed by atoms with Crippen molar-refractivity contribution in [1.29, 1.82) is 0 Å². The van der Waals surface area contributed by atoms with Crippen molar-refractivity contribution in [1.82, 2.24) is 0 Å². The summed E-state index contributed by atoms with van der Waals surface area (Å²) < 4.78 is 13.2. The number of allylic oxidation sites excluding steroid dienone is 2. The van der Waals surface area contributed by atoms with Crippen molar-refractivity contribution in [3.8, 4) is 0 Å². The Morgan fingerprint density at radius 1 is 1.31 bits per heavy atom. The van der Waals surface area contributed by atoms with Gasteiger partial charge in [-0.1, -0.05) is 29.3 Å². The van der Waals surface area contributed by atoms with E-state index in [9.17, 15) is 9.18 Å². The van der Waals surface area contributed by atoms with Crippen molar-refractivity contribution in [3.63, 3.8) is 0 Å². The van der Waals surface area contributed by atoms with Crippen molar-refractivity contribution in [2.45, 2.75) is 25.7 Å². The van der Waals surface area contributed by atoms with E-state index in [0.717, 1.165) is 24.0 Å². The van der Waals surface area contributed by atoms with Crippen LogP contribution in [0.2, 0.25) is 5.02 Å². The van der Waals surface area contributed by atoms with Crippen molar-refractivity contribution in [2.75, 3.05) is 0 Å². The van der Waals surface area contributed by atoms with Crippen LogP contribution < -0.4 is 0 Å². The molecule has 1 aliphatic carbocycles. The van der Waals surface area contributed by atoms with Crippen molar-refractivity contribution in [3.05, 3.63) is 46.3 Å². The molecule has 0 saturated heterocycles. The van der Waals surface area contributed by atoms with Crippen LogP contribution in [0, 0.1) is 5.82 Å². The number of hydrogen-bond acceptors (Lipinski definition) is 1. The Labute approximate surface area is 98.9 Å². The lowest BCUT2D eigenvalue weighted by Crippen LogP contribution is -2.05. The van der Waals surface area contributed by atoms with E-state index in [0.29, 0.717) is 12.8 Å². The summed E-state index contributed by atoms with van der Waals surface area (Å²) in [5.74, 6) is -0.240. The smallest absolute Gasteiger partial charge is 0.155 e. The van der Waals surface area contributed by atoms with Crippen molar-refractivity contribution in [2.24, 2.45) is 0 Å². The Morgan fingerprint density at radius 2 is 2.12 bits per heavy atom. The predicted molar refractivity (Wildman–Crippen MR) is 62.1 cm³/mol. The Morgan fingerprint density at radius 3 is 2.88 bits per heavy atom. The van der Waals surface area contributed by atoms with E-state index in [-0.39, 0.29) is 10.8 Å². The Balaban J connectivity index is 2.21. The average Bonchev–Trinajstić information content (AvgIpc) is 2.25. The Kier molecular flexibility index (Phi) is 3.39. The fourth-order valence-electron chi connectivity index (χ4n) is 1.93. The highest BCUT2D eigenvalue weighted by molar-refractivity contribution is 6.31. The summed E-state index contributed by atoms with van der Waals surface area (Å²) in [6.45, 7) is 0. The second kappa shape index (κ2) is 4.79. The quantitative estimate of drug-likeness (QED) is 0.768. The highest BCUT2D eigenvalue weighted by Gasteiger charge is 2.12. The van der Waals surface area contributed by atoms with E-state index >= 15 is 0 Å². The van der Waals surface area contributed by atoms with Gasteiger partial charge in [-0.2, -0.15) is 0 Å². The van der Waals surface area contributed by atoms with Crippen LogP contribution in [0.1, 0.15) is 24.8 Å². The van der Waals surface area contributed by atoms with Gasteiger partial charge in [0.05, 0.1) is 5.02 Å². The second-order valence-electron chi connectivity index (χ2n) is 4.01. The molecule has 0 atom stereocenters. The number of ketones is 1. The summed E-state index contributed by atoms with van der Waals surface area (Å²) in [5.41, 5.74) is 1.80. The molecule has 3 heteroatoms. The molecular weight excluding hydrogens is 227 g/mol. The lowest BCUT2D eigenvalue weighted by atomic mass is 9.93. The van der Waals surface area contributed by atoms with Crippen molar-refractivity contribution < 1.29 is 9.18 Å². The molecule has 0 amide bonds. The van der Waals surface area contributed by atoms with Crippen LogP contribution in [-0.4, -0.2) is 5.78 Å². The van der Waals surface area contributed by atoms with Gasteiger partial charge in [0.1, 0.15) is 5.82 Å². The van der Waals surface area contributed by atoms with Gasteiger partial charge in [0.2, 0.25) is 0 Å². The minimum Gasteiger partial charge on any atom is -0.295 e. The topological polar surface area (TPSA) is 17.1 Å². The van der Waals surface area contributed by atoms with Gasteiger partial charge in [-0.3, -0.25) is 4.79 Å². The molecule has 1 aliphatic rings. The first-order chi connectivity index (χ1) is 7.66. The molecule has 0 radical (unpaired) electrons. The number of benzene rings is 1. The molecule has 0 bridgehead atoms. The zero-order chi connectivity index (χ0) is 11.5. The number of rotatable bonds is 2. The van der Waals surface area contributed by atoms with Gasteiger partial charge in [0.25, 0.3) is 0 Å². The van der Waals surface area contributed by atoms with E-state index in [4.69, 9.17) is 11.6 Å². The molecule has 0 aliphatic heterocycles. The SMILES string of the molecule is O=C1C=C(Cc2cccc(F)c2Cl)CCC1. The first-order valence-corrected chi connectivity index (χ1v) is 5.70. The summed E-state index contributed by atoms with van der Waals surface area (Å²) in [7, 11) is 0. The molecule has 0 N–H and O–H groups in total. The van der Waals surface area contributed by atoms with Crippen LogP contribution >= 0.6 is 11.6 Å². The second-order valence-corrected chi connectivity index (χ2v) is 4.39. The lowest BCUT2D eigenvalue weighted by Gasteiger charge is -2.12. The van der Waals surface area contributed by atoms with Crippen LogP contribution in [0.5, 0.6) is 0 Å². The first kappa shape index (κ1) is 11.3. The van der Waals surface area contributed by atoms with Crippen LogP contribution in [0.3, 0.4) is 0 Å². The van der Waals surface area contributed by atoms with E-state index in [1.54, 1.807) is 18.2 Å². The maximum Gasteiger partial charge on any atom is 0.155 e. The summed E-state index contributed by atoms with van der Waals surface area (Å²) in [6, 6.07) is 4.78. The normalized spacial score (nSPS) is 16.1. The molecule has 1 aromatic rings. The van der Waals surface area contributed by atoms with Gasteiger partial charge in [-0.25, -0.2) is 4.39 Å². The lowest BCUT2D eigenvalue weighted by molar-refractivity contribution is -0.115. The third-order valence-electron chi connectivity index (χ3n) is 2.74. The first-order valence-electron chi connectivity index (χ1n) is 5.32. The largest absolute Gasteiger partial charge is 0.295 e. The Hall–Kier alpha value is -1.15. The van der Waals surface area contributed by atoms with Gasteiger partial charge in [0.15, 0.2) is 5.78 Å². The number of carbonyl (C=O) groups excluding carboxylic acids is 1. The van der Waals surface area contributed by atoms with E-state index < -0.39 is 5.82 Å². The maximum atomic E-state index is 13.2. The Bertz CT molecular complexity index is 451. The molecule has 0 aromatic heterocycles. The zero-order valence-electron chi connectivity index (χ0n) is 8.80. The molecule has 0 heterocycles. The third-order valence-corrected chi connectivity index (χ3v) is 3.16. The minimum absolute atomic E-state index is 0.161. The number of halogens is 2. The van der Waals surface area contributed by atoms with Gasteiger partial charge in [-0.15, -0.1) is 0 Å². The molecule has 0 spiro atoms.